The molecule has 1 nitrogen and oxygen atoms in total. The Morgan fingerprint density at radius 2 is 0.714 bits per heavy atom. The molecule has 1 heteroatoms. The van der Waals surface area contributed by atoms with Crippen LogP contribution < -0.4 is 4.90 Å². The second-order valence-corrected chi connectivity index (χ2v) is 17.8. The standard InChI is InChI=1S/C62H41N/c1-2-16-40(17-3-1)41-30-32-42(33-31-41)63(43-34-36-51-49-22-8-14-28-57(49)61(59(51)38-43)53-24-10-4-18-45(53)46-19-5-11-25-54(46)61)44-35-37-52-50-23-9-15-29-58(50)62(60(52)39-44)55-26-12-6-20-47(55)48-21-7-13-27-56(48)62/h1-6,8-20,22-39H,7,21H2. The summed E-state index contributed by atoms with van der Waals surface area (Å²) in [5, 5.41) is 0. The summed E-state index contributed by atoms with van der Waals surface area (Å²) >= 11 is 0. The van der Waals surface area contributed by atoms with Gasteiger partial charge in [-0.3, -0.25) is 0 Å². The molecule has 0 heterocycles. The van der Waals surface area contributed by atoms with E-state index in [1.54, 1.807) is 0 Å². The zero-order valence-corrected chi connectivity index (χ0v) is 34.7. The van der Waals surface area contributed by atoms with Gasteiger partial charge in [-0.05, 0) is 149 Å². The Morgan fingerprint density at radius 1 is 0.317 bits per heavy atom. The first kappa shape index (κ1) is 34.9. The number of nitrogens with zero attached hydrogens (tertiary/aromatic N) is 1. The topological polar surface area (TPSA) is 3.24 Å². The monoisotopic (exact) mass is 799 g/mol. The highest BCUT2D eigenvalue weighted by Crippen LogP contribution is 2.65. The zero-order valence-electron chi connectivity index (χ0n) is 34.7. The van der Waals surface area contributed by atoms with Crippen LogP contribution in [-0.4, -0.2) is 0 Å². The average Bonchev–Trinajstić information content (AvgIpc) is 4.03. The number of hydrogen-bond donors (Lipinski definition) is 0. The van der Waals surface area contributed by atoms with Crippen molar-refractivity contribution in [3.8, 4) is 44.5 Å². The van der Waals surface area contributed by atoms with E-state index in [1.165, 1.54) is 100 Å². The Hall–Kier alpha value is -7.74. The van der Waals surface area contributed by atoms with Gasteiger partial charge in [-0.15, -0.1) is 0 Å². The minimum Gasteiger partial charge on any atom is -0.310 e. The molecule has 1 unspecified atom stereocenters. The molecule has 0 saturated heterocycles. The summed E-state index contributed by atoms with van der Waals surface area (Å²) < 4.78 is 0. The Bertz CT molecular complexity index is 3390. The molecule has 14 rings (SSSR count). The second kappa shape index (κ2) is 12.9. The van der Waals surface area contributed by atoms with Crippen molar-refractivity contribution in [3.05, 3.63) is 275 Å². The van der Waals surface area contributed by atoms with Crippen LogP contribution in [-0.2, 0) is 10.8 Å². The molecule has 9 aromatic rings. The van der Waals surface area contributed by atoms with Gasteiger partial charge >= 0.3 is 0 Å². The van der Waals surface area contributed by atoms with Crippen molar-refractivity contribution >= 4 is 22.6 Å². The Kier molecular flexibility index (Phi) is 7.15. The van der Waals surface area contributed by atoms with E-state index in [2.05, 4.69) is 229 Å². The first-order valence-corrected chi connectivity index (χ1v) is 22.4. The number of rotatable bonds is 4. The first-order chi connectivity index (χ1) is 31.3. The van der Waals surface area contributed by atoms with E-state index in [0.717, 1.165) is 29.9 Å². The summed E-state index contributed by atoms with van der Waals surface area (Å²) in [6, 6.07) is 80.2. The average molecular weight is 800 g/mol. The molecular formula is C62H41N. The van der Waals surface area contributed by atoms with E-state index >= 15 is 0 Å². The van der Waals surface area contributed by atoms with E-state index in [4.69, 9.17) is 0 Å². The quantitative estimate of drug-likeness (QED) is 0.171. The molecule has 0 saturated carbocycles. The number of allylic oxidation sites excluding steroid dienone is 4. The van der Waals surface area contributed by atoms with Gasteiger partial charge in [-0.1, -0.05) is 188 Å². The molecular weight excluding hydrogens is 759 g/mol. The van der Waals surface area contributed by atoms with E-state index in [-0.39, 0.29) is 0 Å². The molecule has 2 spiro atoms. The largest absolute Gasteiger partial charge is 0.310 e. The molecule has 0 N–H and O–H groups in total. The van der Waals surface area contributed by atoms with Crippen LogP contribution in [0.25, 0.3) is 50.1 Å². The maximum atomic E-state index is 2.54. The molecule has 5 aliphatic carbocycles. The van der Waals surface area contributed by atoms with Crippen molar-refractivity contribution in [1.82, 2.24) is 0 Å². The SMILES string of the molecule is C1=CC2=C(CC1)c1ccccc1C21c2ccccc2-c2ccc(N(c3ccc(-c4ccccc4)cc3)c3ccc4c(c3)C3(c5ccccc5-c5ccccc53)c3ccccc3-4)cc21. The lowest BCUT2D eigenvalue weighted by molar-refractivity contribution is 0.780. The lowest BCUT2D eigenvalue weighted by atomic mass is 9.69. The second-order valence-electron chi connectivity index (χ2n) is 17.8. The number of hydrogen-bond acceptors (Lipinski definition) is 1. The van der Waals surface area contributed by atoms with Crippen molar-refractivity contribution in [2.24, 2.45) is 0 Å². The van der Waals surface area contributed by atoms with Crippen LogP contribution in [0.15, 0.2) is 230 Å². The summed E-state index contributed by atoms with van der Waals surface area (Å²) in [6.07, 6.45) is 6.98. The number of fused-ring (bicyclic) bond motifs is 19. The third-order valence-corrected chi connectivity index (χ3v) is 15.0. The van der Waals surface area contributed by atoms with Crippen LogP contribution in [0.1, 0.15) is 57.3 Å². The molecule has 0 bridgehead atoms. The summed E-state index contributed by atoms with van der Waals surface area (Å²) in [6.45, 7) is 0. The molecule has 294 valence electrons. The smallest absolute Gasteiger partial charge is 0.0726 e. The van der Waals surface area contributed by atoms with Crippen molar-refractivity contribution in [2.75, 3.05) is 4.90 Å². The first-order valence-electron chi connectivity index (χ1n) is 22.4. The molecule has 63 heavy (non-hydrogen) atoms. The van der Waals surface area contributed by atoms with Crippen molar-refractivity contribution in [3.63, 3.8) is 0 Å². The lowest BCUT2D eigenvalue weighted by Crippen LogP contribution is -2.27. The van der Waals surface area contributed by atoms with Gasteiger partial charge in [-0.2, -0.15) is 0 Å². The predicted molar refractivity (Wildman–Crippen MR) is 260 cm³/mol. The lowest BCUT2D eigenvalue weighted by Gasteiger charge is -2.34. The van der Waals surface area contributed by atoms with Crippen LogP contribution in [0.2, 0.25) is 0 Å². The maximum Gasteiger partial charge on any atom is 0.0726 e. The van der Waals surface area contributed by atoms with E-state index in [1.807, 2.05) is 0 Å². The minimum atomic E-state index is -0.439. The molecule has 1 atom stereocenters. The Balaban J connectivity index is 1.03. The number of anilines is 3. The highest BCUT2D eigenvalue weighted by atomic mass is 15.1. The van der Waals surface area contributed by atoms with Gasteiger partial charge in [0.1, 0.15) is 0 Å². The third-order valence-electron chi connectivity index (χ3n) is 15.0. The Morgan fingerprint density at radius 3 is 1.25 bits per heavy atom. The maximum absolute atomic E-state index is 2.54. The normalized spacial score (nSPS) is 17.1. The molecule has 0 amide bonds. The van der Waals surface area contributed by atoms with E-state index in [0.29, 0.717) is 0 Å². The fourth-order valence-corrected chi connectivity index (χ4v) is 12.6. The van der Waals surface area contributed by atoms with Crippen LogP contribution in [0.4, 0.5) is 17.1 Å². The van der Waals surface area contributed by atoms with Crippen LogP contribution in [0.3, 0.4) is 0 Å². The summed E-state index contributed by atoms with van der Waals surface area (Å²) in [4.78, 5) is 2.52. The zero-order chi connectivity index (χ0) is 41.3. The van der Waals surface area contributed by atoms with Gasteiger partial charge < -0.3 is 4.90 Å². The molecule has 5 aliphatic rings. The Labute approximate surface area is 368 Å². The summed E-state index contributed by atoms with van der Waals surface area (Å²) in [7, 11) is 0. The predicted octanol–water partition coefficient (Wildman–Crippen LogP) is 15.6. The van der Waals surface area contributed by atoms with Gasteiger partial charge in [0.15, 0.2) is 0 Å². The summed E-state index contributed by atoms with van der Waals surface area (Å²) in [5.74, 6) is 0. The molecule has 0 aliphatic heterocycles. The fraction of sp³-hybridized carbons (Fsp3) is 0.0645. The molecule has 0 radical (unpaired) electrons. The van der Waals surface area contributed by atoms with Gasteiger partial charge in [0, 0.05) is 17.1 Å². The van der Waals surface area contributed by atoms with Gasteiger partial charge in [0.25, 0.3) is 0 Å². The van der Waals surface area contributed by atoms with Crippen LogP contribution in [0.5, 0.6) is 0 Å². The fourth-order valence-electron chi connectivity index (χ4n) is 12.6. The van der Waals surface area contributed by atoms with E-state index < -0.39 is 10.8 Å². The highest BCUT2D eigenvalue weighted by molar-refractivity contribution is 5.99. The molecule has 0 fully saturated rings. The van der Waals surface area contributed by atoms with Gasteiger partial charge in [0.2, 0.25) is 0 Å². The van der Waals surface area contributed by atoms with Gasteiger partial charge in [0.05, 0.1) is 10.8 Å². The third kappa shape index (κ3) is 4.46. The van der Waals surface area contributed by atoms with Crippen molar-refractivity contribution in [2.45, 2.75) is 23.7 Å². The molecule has 9 aromatic carbocycles. The van der Waals surface area contributed by atoms with Crippen molar-refractivity contribution < 1.29 is 0 Å². The minimum absolute atomic E-state index is 0.394. The van der Waals surface area contributed by atoms with Crippen molar-refractivity contribution in [1.29, 1.82) is 0 Å². The summed E-state index contributed by atoms with van der Waals surface area (Å²) in [5.41, 5.74) is 26.8. The van der Waals surface area contributed by atoms with Gasteiger partial charge in [-0.25, -0.2) is 0 Å². The van der Waals surface area contributed by atoms with Crippen LogP contribution in [0, 0.1) is 0 Å². The number of benzene rings is 9. The van der Waals surface area contributed by atoms with Crippen LogP contribution >= 0.6 is 0 Å². The van der Waals surface area contributed by atoms with E-state index in [9.17, 15) is 0 Å². The highest BCUT2D eigenvalue weighted by Gasteiger charge is 2.54. The molecule has 0 aromatic heterocycles.